The lowest BCUT2D eigenvalue weighted by Crippen LogP contribution is -2.56. The van der Waals surface area contributed by atoms with Crippen molar-refractivity contribution in [1.29, 1.82) is 0 Å². The molecule has 29 heavy (non-hydrogen) atoms. The molecule has 0 spiro atoms. The number of aliphatic hydroxyl groups excluding tert-OH is 1. The molecule has 2 aromatic heterocycles. The number of likely N-dealkylation sites (tertiary alicyclic amines) is 1. The Morgan fingerprint density at radius 1 is 1.24 bits per heavy atom. The average molecular weight is 397 g/mol. The molecule has 0 unspecified atom stereocenters. The number of fused-ring (bicyclic) bond motifs is 1. The van der Waals surface area contributed by atoms with Crippen molar-refractivity contribution in [1.82, 2.24) is 14.3 Å². The van der Waals surface area contributed by atoms with Crippen molar-refractivity contribution < 1.29 is 19.4 Å². The summed E-state index contributed by atoms with van der Waals surface area (Å²) in [7, 11) is 0. The number of imidazole rings is 1. The van der Waals surface area contributed by atoms with Crippen LogP contribution in [-0.4, -0.2) is 49.7 Å². The molecule has 1 aliphatic heterocycles. The van der Waals surface area contributed by atoms with Crippen LogP contribution in [0.5, 0.6) is 0 Å². The van der Waals surface area contributed by atoms with E-state index in [0.717, 1.165) is 16.9 Å². The first-order valence-electron chi connectivity index (χ1n) is 9.68. The van der Waals surface area contributed by atoms with E-state index < -0.39 is 17.5 Å². The van der Waals surface area contributed by atoms with E-state index in [4.69, 9.17) is 0 Å². The number of aryl methyl sites for hydroxylation is 1. The topological polar surface area (TPSA) is 78.1 Å². The normalized spacial score (nSPS) is 22.8. The first-order valence-corrected chi connectivity index (χ1v) is 9.68. The highest BCUT2D eigenvalue weighted by atomic mass is 19.1. The van der Waals surface area contributed by atoms with Gasteiger partial charge >= 0.3 is 5.97 Å². The van der Waals surface area contributed by atoms with Crippen LogP contribution in [0.25, 0.3) is 5.65 Å². The van der Waals surface area contributed by atoms with Crippen LogP contribution in [0.2, 0.25) is 0 Å². The number of carboxylic acids is 1. The summed E-state index contributed by atoms with van der Waals surface area (Å²) < 4.78 is 15.2. The molecule has 1 saturated heterocycles. The fourth-order valence-corrected chi connectivity index (χ4v) is 4.19. The summed E-state index contributed by atoms with van der Waals surface area (Å²) in [5, 5.41) is 20.7. The Hall–Kier alpha value is -2.77. The van der Waals surface area contributed by atoms with Gasteiger partial charge in [0.2, 0.25) is 0 Å². The van der Waals surface area contributed by atoms with Crippen molar-refractivity contribution in [3.8, 4) is 0 Å². The van der Waals surface area contributed by atoms with E-state index >= 15 is 0 Å². The van der Waals surface area contributed by atoms with Crippen LogP contribution >= 0.6 is 0 Å². The Kier molecular flexibility index (Phi) is 5.10. The van der Waals surface area contributed by atoms with Gasteiger partial charge in [-0.2, -0.15) is 0 Å². The van der Waals surface area contributed by atoms with Gasteiger partial charge in [0.25, 0.3) is 0 Å². The van der Waals surface area contributed by atoms with Crippen LogP contribution < -0.4 is 0 Å². The number of nitrogens with zero attached hydrogens (tertiary/aromatic N) is 3. The summed E-state index contributed by atoms with van der Waals surface area (Å²) in [5.41, 5.74) is 2.18. The summed E-state index contributed by atoms with van der Waals surface area (Å²) in [5.74, 6) is -1.41. The zero-order valence-corrected chi connectivity index (χ0v) is 16.3. The Bertz CT molecular complexity index is 1030. The minimum atomic E-state index is -1.34. The molecule has 0 bridgehead atoms. The van der Waals surface area contributed by atoms with Crippen molar-refractivity contribution in [3.63, 3.8) is 0 Å². The van der Waals surface area contributed by atoms with Crippen LogP contribution in [-0.2, 0) is 17.8 Å². The average Bonchev–Trinajstić information content (AvgIpc) is 3.07. The second kappa shape index (κ2) is 7.57. The summed E-state index contributed by atoms with van der Waals surface area (Å²) in [6.45, 7) is 3.31. The number of rotatable bonds is 5. The maximum atomic E-state index is 13.2. The van der Waals surface area contributed by atoms with Crippen LogP contribution in [0.1, 0.15) is 23.2 Å². The van der Waals surface area contributed by atoms with Gasteiger partial charge in [-0.15, -0.1) is 0 Å². The third-order valence-electron chi connectivity index (χ3n) is 5.76. The highest BCUT2D eigenvalue weighted by molar-refractivity contribution is 5.76. The summed E-state index contributed by atoms with van der Waals surface area (Å²) in [6, 6.07) is 9.75. The van der Waals surface area contributed by atoms with Gasteiger partial charge in [-0.25, -0.2) is 9.37 Å². The maximum absolute atomic E-state index is 13.2. The van der Waals surface area contributed by atoms with E-state index in [9.17, 15) is 19.4 Å². The van der Waals surface area contributed by atoms with E-state index in [2.05, 4.69) is 4.98 Å². The molecular formula is C22H24FN3O3. The van der Waals surface area contributed by atoms with Crippen molar-refractivity contribution in [2.24, 2.45) is 5.41 Å². The van der Waals surface area contributed by atoms with Crippen molar-refractivity contribution in [2.45, 2.75) is 32.4 Å². The quantitative estimate of drug-likeness (QED) is 0.692. The molecule has 3 aromatic rings. The van der Waals surface area contributed by atoms with Crippen molar-refractivity contribution >= 4 is 11.6 Å². The van der Waals surface area contributed by atoms with Crippen LogP contribution in [0.4, 0.5) is 4.39 Å². The Morgan fingerprint density at radius 2 is 2.00 bits per heavy atom. The lowest BCUT2D eigenvalue weighted by Gasteiger charge is -2.43. The zero-order valence-electron chi connectivity index (χ0n) is 16.3. The molecule has 152 valence electrons. The number of carbonyl (C=O) groups is 1. The molecule has 0 aliphatic carbocycles. The second-order valence-corrected chi connectivity index (χ2v) is 7.98. The monoisotopic (exact) mass is 397 g/mol. The van der Waals surface area contributed by atoms with Gasteiger partial charge in [0.1, 0.15) is 16.9 Å². The summed E-state index contributed by atoms with van der Waals surface area (Å²) >= 11 is 0. The number of aliphatic carboxylic acids is 1. The van der Waals surface area contributed by atoms with Crippen LogP contribution in [0.3, 0.4) is 0 Å². The van der Waals surface area contributed by atoms with E-state index in [-0.39, 0.29) is 18.8 Å². The zero-order chi connectivity index (χ0) is 20.6. The molecule has 1 aromatic carbocycles. The number of piperidine rings is 1. The molecule has 6 nitrogen and oxygen atoms in total. The molecule has 3 heterocycles. The Balaban J connectivity index is 1.57. The largest absolute Gasteiger partial charge is 0.481 e. The van der Waals surface area contributed by atoms with E-state index in [1.165, 1.54) is 12.1 Å². The predicted octanol–water partition coefficient (Wildman–Crippen LogP) is 2.66. The van der Waals surface area contributed by atoms with Gasteiger partial charge in [0.15, 0.2) is 0 Å². The standard InChI is InChI=1S/C22H24FN3O3/c1-15-2-7-20-24-18(13-26(20)11-15)12-25-9-8-19(27)22(14-25,21(28)29)10-16-3-5-17(23)6-4-16/h2-7,11,13,19,27H,8-10,12,14H2,1H3,(H,28,29)/t19-,22+/m0/s1. The first-order chi connectivity index (χ1) is 13.9. The Morgan fingerprint density at radius 3 is 2.72 bits per heavy atom. The van der Waals surface area contributed by atoms with Crippen molar-refractivity contribution in [2.75, 3.05) is 13.1 Å². The molecule has 0 amide bonds. The Labute approximate surface area is 168 Å². The number of benzene rings is 1. The minimum absolute atomic E-state index is 0.143. The number of hydrogen-bond donors (Lipinski definition) is 2. The number of halogens is 1. The molecular weight excluding hydrogens is 373 g/mol. The third-order valence-corrected chi connectivity index (χ3v) is 5.76. The van der Waals surface area contributed by atoms with E-state index in [1.54, 1.807) is 12.1 Å². The van der Waals surface area contributed by atoms with Crippen LogP contribution in [0.15, 0.2) is 48.8 Å². The van der Waals surface area contributed by atoms with Gasteiger partial charge in [-0.05, 0) is 49.1 Å². The second-order valence-electron chi connectivity index (χ2n) is 7.98. The number of carboxylic acid groups (broad SMARTS) is 1. The molecule has 0 radical (unpaired) electrons. The predicted molar refractivity (Wildman–Crippen MR) is 106 cm³/mol. The molecule has 2 N–H and O–H groups in total. The van der Waals surface area contributed by atoms with E-state index in [0.29, 0.717) is 25.1 Å². The highest BCUT2D eigenvalue weighted by Crippen LogP contribution is 2.35. The SMILES string of the molecule is Cc1ccc2nc(CN3CC[C@H](O)[C@](Cc4ccc(F)cc4)(C(=O)O)C3)cn2c1. The molecule has 7 heteroatoms. The fourth-order valence-electron chi connectivity index (χ4n) is 4.19. The molecule has 1 aliphatic rings. The van der Waals surface area contributed by atoms with Crippen molar-refractivity contribution in [3.05, 3.63) is 71.4 Å². The van der Waals surface area contributed by atoms with Gasteiger partial charge in [0, 0.05) is 32.0 Å². The lowest BCUT2D eigenvalue weighted by molar-refractivity contribution is -0.163. The number of aliphatic hydroxyl groups is 1. The molecule has 2 atom stereocenters. The van der Waals surface area contributed by atoms with E-state index in [1.807, 2.05) is 40.8 Å². The minimum Gasteiger partial charge on any atom is -0.481 e. The number of hydrogen-bond acceptors (Lipinski definition) is 4. The number of aromatic nitrogens is 2. The molecule has 4 rings (SSSR count). The first kappa shape index (κ1) is 19.5. The molecule has 1 fully saturated rings. The summed E-state index contributed by atoms with van der Waals surface area (Å²) in [6.07, 6.45) is 3.49. The van der Waals surface area contributed by atoms with Gasteiger partial charge in [-0.1, -0.05) is 18.2 Å². The molecule has 0 saturated carbocycles. The summed E-state index contributed by atoms with van der Waals surface area (Å²) in [4.78, 5) is 18.9. The van der Waals surface area contributed by atoms with Gasteiger partial charge in [-0.3, -0.25) is 9.69 Å². The van der Waals surface area contributed by atoms with Crippen LogP contribution in [0, 0.1) is 18.2 Å². The maximum Gasteiger partial charge on any atom is 0.313 e. The fraction of sp³-hybridized carbons (Fsp3) is 0.364. The van der Waals surface area contributed by atoms with Gasteiger partial charge < -0.3 is 14.6 Å². The smallest absolute Gasteiger partial charge is 0.313 e. The van der Waals surface area contributed by atoms with Gasteiger partial charge in [0.05, 0.1) is 11.8 Å². The number of pyridine rings is 1. The highest BCUT2D eigenvalue weighted by Gasteiger charge is 2.49. The third kappa shape index (κ3) is 3.88. The lowest BCUT2D eigenvalue weighted by atomic mass is 9.73.